The van der Waals surface area contributed by atoms with E-state index in [1.807, 2.05) is 6.08 Å². The number of unbranched alkanes of at least 4 members (excludes halogenated alkanes) is 64. The molecule has 3 heterocycles. The molecule has 19 nitrogen and oxygen atoms in total. The van der Waals surface area contributed by atoms with Crippen molar-refractivity contribution >= 4 is 5.91 Å². The Morgan fingerprint density at radius 2 is 0.554 bits per heavy atom. The maximum absolute atomic E-state index is 13.5. The lowest BCUT2D eigenvalue weighted by Gasteiger charge is -2.48. The molecule has 0 aromatic carbocycles. The van der Waals surface area contributed by atoms with Crippen molar-refractivity contribution in [3.8, 4) is 0 Å². The van der Waals surface area contributed by atoms with E-state index in [0.29, 0.717) is 6.42 Å². The van der Waals surface area contributed by atoms with Crippen LogP contribution in [0, 0.1) is 0 Å². The van der Waals surface area contributed by atoms with Crippen molar-refractivity contribution in [1.29, 1.82) is 0 Å². The summed E-state index contributed by atoms with van der Waals surface area (Å²) in [6.07, 6.45) is 65.3. The summed E-state index contributed by atoms with van der Waals surface area (Å²) >= 11 is 0. The Kier molecular flexibility index (Phi) is 68.7. The maximum atomic E-state index is 13.5. The third kappa shape index (κ3) is 51.2. The predicted molar refractivity (Wildman–Crippen MR) is 453 cm³/mol. The highest BCUT2D eigenvalue weighted by molar-refractivity contribution is 5.76. The van der Waals surface area contributed by atoms with Crippen LogP contribution >= 0.6 is 0 Å². The highest BCUT2D eigenvalue weighted by Gasteiger charge is 2.54. The van der Waals surface area contributed by atoms with Gasteiger partial charge in [-0.05, 0) is 19.3 Å². The number of hydrogen-bond donors (Lipinski definition) is 12. The minimum atomic E-state index is -1.98. The van der Waals surface area contributed by atoms with Gasteiger partial charge in [-0.25, -0.2) is 0 Å². The van der Waals surface area contributed by atoms with Crippen LogP contribution in [0.5, 0.6) is 0 Å². The number of aliphatic hydroxyl groups excluding tert-OH is 11. The van der Waals surface area contributed by atoms with Crippen molar-refractivity contribution in [1.82, 2.24) is 5.32 Å². The molecular formula is C93H179NO18. The number of aliphatic hydroxyl groups is 11. The zero-order valence-corrected chi connectivity index (χ0v) is 72.0. The van der Waals surface area contributed by atoms with Crippen LogP contribution in [-0.2, 0) is 33.2 Å². The fourth-order valence-electron chi connectivity index (χ4n) is 16.7. The second kappa shape index (κ2) is 73.5. The van der Waals surface area contributed by atoms with E-state index < -0.39 is 124 Å². The topological polar surface area (TPSA) is 307 Å². The number of ether oxygens (including phenoxy) is 6. The van der Waals surface area contributed by atoms with Gasteiger partial charge in [0.25, 0.3) is 0 Å². The molecule has 0 aromatic rings. The van der Waals surface area contributed by atoms with Gasteiger partial charge in [0.1, 0.15) is 73.2 Å². The standard InChI is InChI=1S/C93H179NO18/c1-3-5-7-9-11-13-15-17-19-21-23-25-27-29-31-33-35-36-37-38-39-41-43-45-47-49-51-53-55-57-59-61-63-65-67-69-71-81(99)94-76(77(98)70-68-66-64-62-60-58-56-54-52-50-48-46-44-42-40-34-32-30-28-26-24-22-20-18-16-14-12-10-8-6-4-2)75-107-91-87(105)84(102)89(79(73-96)109-91)112-93-88(106)85(103)90(80(74-97)110-93)111-92-86(104)83(101)82(100)78(72-95)108-92/h68,70,76-80,82-93,95-98,100-106H,3-67,69,71-75H2,1-2H3,(H,94,99)/b70-68+. The van der Waals surface area contributed by atoms with Crippen LogP contribution in [0.2, 0.25) is 0 Å². The van der Waals surface area contributed by atoms with Gasteiger partial charge in [0, 0.05) is 6.42 Å². The average Bonchev–Trinajstić information content (AvgIpc) is 0.781. The molecular weight excluding hydrogens is 1420 g/mol. The Balaban J connectivity index is 1.30. The number of allylic oxidation sites excluding steroid dienone is 1. The Hall–Kier alpha value is -1.47. The zero-order valence-electron chi connectivity index (χ0n) is 72.0. The Morgan fingerprint density at radius 3 is 0.839 bits per heavy atom. The van der Waals surface area contributed by atoms with E-state index in [9.17, 15) is 61.0 Å². The van der Waals surface area contributed by atoms with E-state index in [1.165, 1.54) is 372 Å². The van der Waals surface area contributed by atoms with Crippen molar-refractivity contribution in [2.24, 2.45) is 0 Å². The van der Waals surface area contributed by atoms with Crippen molar-refractivity contribution in [2.75, 3.05) is 26.4 Å². The third-order valence-corrected chi connectivity index (χ3v) is 24.3. The van der Waals surface area contributed by atoms with Gasteiger partial charge in [0.15, 0.2) is 18.9 Å². The summed E-state index contributed by atoms with van der Waals surface area (Å²) in [5.74, 6) is -0.264. The normalized spacial score (nSPS) is 24.9. The van der Waals surface area contributed by atoms with Gasteiger partial charge >= 0.3 is 0 Å². The quantitative estimate of drug-likeness (QED) is 0.0199. The molecule has 17 unspecified atom stereocenters. The second-order valence-electron chi connectivity index (χ2n) is 34.6. The molecule has 3 fully saturated rings. The lowest BCUT2D eigenvalue weighted by atomic mass is 9.96. The minimum Gasteiger partial charge on any atom is -0.394 e. The van der Waals surface area contributed by atoms with Gasteiger partial charge in [0.2, 0.25) is 5.91 Å². The molecule has 19 heteroatoms. The lowest BCUT2D eigenvalue weighted by molar-refractivity contribution is -0.379. The lowest BCUT2D eigenvalue weighted by Crippen LogP contribution is -2.66. The van der Waals surface area contributed by atoms with Gasteiger partial charge < -0.3 is 89.9 Å². The fourth-order valence-corrected chi connectivity index (χ4v) is 16.7. The van der Waals surface area contributed by atoms with Gasteiger partial charge in [-0.3, -0.25) is 4.79 Å². The average molecular weight is 1600 g/mol. The van der Waals surface area contributed by atoms with Crippen molar-refractivity contribution in [3.63, 3.8) is 0 Å². The van der Waals surface area contributed by atoms with Crippen molar-refractivity contribution in [3.05, 3.63) is 12.2 Å². The van der Waals surface area contributed by atoms with Crippen LogP contribution < -0.4 is 5.32 Å². The molecule has 3 rings (SSSR count). The highest BCUT2D eigenvalue weighted by atomic mass is 16.8. The Labute approximate surface area is 684 Å². The Morgan fingerprint density at radius 1 is 0.312 bits per heavy atom. The summed E-state index contributed by atoms with van der Waals surface area (Å²) in [5, 5.41) is 121. The molecule has 0 saturated carbocycles. The number of rotatable bonds is 80. The Bertz CT molecular complexity index is 2060. The van der Waals surface area contributed by atoms with Crippen LogP contribution in [0.3, 0.4) is 0 Å². The molecule has 12 N–H and O–H groups in total. The van der Waals surface area contributed by atoms with E-state index in [-0.39, 0.29) is 18.9 Å². The molecule has 112 heavy (non-hydrogen) atoms. The molecule has 0 radical (unpaired) electrons. The van der Waals surface area contributed by atoms with Crippen LogP contribution in [0.25, 0.3) is 0 Å². The van der Waals surface area contributed by atoms with E-state index >= 15 is 0 Å². The summed E-state index contributed by atoms with van der Waals surface area (Å²) < 4.78 is 34.6. The molecule has 0 aromatic heterocycles. The minimum absolute atomic E-state index is 0.251. The third-order valence-electron chi connectivity index (χ3n) is 24.3. The second-order valence-corrected chi connectivity index (χ2v) is 34.6. The van der Waals surface area contributed by atoms with Crippen LogP contribution in [0.4, 0.5) is 0 Å². The van der Waals surface area contributed by atoms with Crippen LogP contribution in [0.1, 0.15) is 444 Å². The molecule has 3 aliphatic rings. The number of carbonyl (C=O) groups excluding carboxylic acids is 1. The first-order valence-electron chi connectivity index (χ1n) is 47.9. The maximum Gasteiger partial charge on any atom is 0.220 e. The summed E-state index contributed by atoms with van der Waals surface area (Å²) in [6.45, 7) is 1.83. The van der Waals surface area contributed by atoms with Crippen LogP contribution in [-0.4, -0.2) is 193 Å². The largest absolute Gasteiger partial charge is 0.394 e. The number of carbonyl (C=O) groups is 1. The number of amides is 1. The molecule has 1 amide bonds. The highest BCUT2D eigenvalue weighted by Crippen LogP contribution is 2.34. The summed E-state index contributed by atoms with van der Waals surface area (Å²) in [5.41, 5.74) is 0. The SMILES string of the molecule is CCCCCCCCCCCCCCCCCCCCCCCCCCCCCCC/C=C/C(O)C(COC1OC(CO)C(OC2OC(CO)C(OC3OC(CO)C(O)C(O)C3O)C(O)C2O)C(O)C1O)NC(=O)CCCCCCCCCCCCCCCCCCCCCCCCCCCCCCCCCCCCCC. The van der Waals surface area contributed by atoms with E-state index in [0.717, 1.165) is 44.9 Å². The number of nitrogens with one attached hydrogen (secondary N) is 1. The first-order chi connectivity index (χ1) is 54.8. The molecule has 0 spiro atoms. The molecule has 17 atom stereocenters. The predicted octanol–water partition coefficient (Wildman–Crippen LogP) is 19.0. The van der Waals surface area contributed by atoms with E-state index in [4.69, 9.17) is 28.4 Å². The molecule has 3 saturated heterocycles. The number of hydrogen-bond acceptors (Lipinski definition) is 18. The first-order valence-corrected chi connectivity index (χ1v) is 47.9. The summed E-state index contributed by atoms with van der Waals surface area (Å²) in [7, 11) is 0. The van der Waals surface area contributed by atoms with Crippen LogP contribution in [0.15, 0.2) is 12.2 Å². The monoisotopic (exact) mass is 1600 g/mol. The fraction of sp³-hybridized carbons (Fsp3) is 0.968. The van der Waals surface area contributed by atoms with E-state index in [1.54, 1.807) is 6.08 Å². The molecule has 0 bridgehead atoms. The summed E-state index contributed by atoms with van der Waals surface area (Å²) in [4.78, 5) is 13.5. The molecule has 664 valence electrons. The van der Waals surface area contributed by atoms with Gasteiger partial charge in [-0.1, -0.05) is 431 Å². The summed E-state index contributed by atoms with van der Waals surface area (Å²) in [6, 6.07) is -0.972. The van der Waals surface area contributed by atoms with Gasteiger partial charge in [0.05, 0.1) is 38.6 Å². The smallest absolute Gasteiger partial charge is 0.220 e. The van der Waals surface area contributed by atoms with Gasteiger partial charge in [-0.2, -0.15) is 0 Å². The zero-order chi connectivity index (χ0) is 81.0. The van der Waals surface area contributed by atoms with E-state index in [2.05, 4.69) is 19.2 Å². The van der Waals surface area contributed by atoms with Gasteiger partial charge in [-0.15, -0.1) is 0 Å². The van der Waals surface area contributed by atoms with Crippen molar-refractivity contribution in [2.45, 2.75) is 548 Å². The molecule has 0 aliphatic carbocycles. The van der Waals surface area contributed by atoms with Crippen molar-refractivity contribution < 1.29 is 89.4 Å². The first kappa shape index (κ1) is 105. The molecule has 3 aliphatic heterocycles.